The summed E-state index contributed by atoms with van der Waals surface area (Å²) in [5.74, 6) is 1.26. The third kappa shape index (κ3) is 2.61. The van der Waals surface area contributed by atoms with E-state index in [1.54, 1.807) is 23.1 Å². The number of anilines is 2. The van der Waals surface area contributed by atoms with Gasteiger partial charge in [0.05, 0.1) is 16.5 Å². The lowest BCUT2D eigenvalue weighted by Crippen LogP contribution is -2.47. The van der Waals surface area contributed by atoms with E-state index in [4.69, 9.17) is 0 Å². The lowest BCUT2D eigenvalue weighted by atomic mass is 10.2. The summed E-state index contributed by atoms with van der Waals surface area (Å²) in [6.07, 6.45) is 4.88. The van der Waals surface area contributed by atoms with Crippen LogP contribution in [0.15, 0.2) is 30.9 Å². The van der Waals surface area contributed by atoms with Crippen molar-refractivity contribution in [3.05, 3.63) is 41.0 Å². The minimum Gasteiger partial charge on any atom is -0.352 e. The molecule has 10 nitrogen and oxygen atoms in total. The maximum Gasteiger partial charge on any atom is 0.311 e. The molecule has 4 rings (SSSR count). The van der Waals surface area contributed by atoms with Gasteiger partial charge >= 0.3 is 5.69 Å². The van der Waals surface area contributed by atoms with E-state index in [1.165, 1.54) is 12.4 Å². The van der Waals surface area contributed by atoms with Crippen LogP contribution in [0.1, 0.15) is 0 Å². The maximum atomic E-state index is 11.2. The van der Waals surface area contributed by atoms with E-state index >= 15 is 0 Å². The van der Waals surface area contributed by atoms with E-state index in [1.807, 2.05) is 11.9 Å². The molecule has 0 amide bonds. The minimum absolute atomic E-state index is 0.0348. The van der Waals surface area contributed by atoms with Crippen molar-refractivity contribution in [3.8, 4) is 0 Å². The summed E-state index contributed by atoms with van der Waals surface area (Å²) in [5.41, 5.74) is 0.820. The van der Waals surface area contributed by atoms with Crippen LogP contribution >= 0.6 is 0 Å². The molecule has 1 aliphatic heterocycles. The number of fused-ring (bicyclic) bond motifs is 1. The Labute approximate surface area is 142 Å². The minimum atomic E-state index is -0.391. The summed E-state index contributed by atoms with van der Waals surface area (Å²) in [6.45, 7) is 2.64. The Morgan fingerprint density at radius 2 is 1.80 bits per heavy atom. The molecule has 0 saturated carbocycles. The lowest BCUT2D eigenvalue weighted by Gasteiger charge is -2.35. The van der Waals surface area contributed by atoms with Crippen molar-refractivity contribution in [2.24, 2.45) is 7.05 Å². The molecule has 0 aliphatic carbocycles. The molecule has 1 aliphatic rings. The molecule has 0 atom stereocenters. The van der Waals surface area contributed by atoms with Gasteiger partial charge in [-0.3, -0.25) is 14.8 Å². The van der Waals surface area contributed by atoms with Crippen molar-refractivity contribution in [3.63, 3.8) is 0 Å². The Morgan fingerprint density at radius 3 is 2.52 bits per heavy atom. The fourth-order valence-corrected chi connectivity index (χ4v) is 3.11. The smallest absolute Gasteiger partial charge is 0.311 e. The van der Waals surface area contributed by atoms with E-state index in [-0.39, 0.29) is 5.69 Å². The lowest BCUT2D eigenvalue weighted by molar-refractivity contribution is -0.384. The van der Waals surface area contributed by atoms with Gasteiger partial charge in [0, 0.05) is 45.5 Å². The number of pyridine rings is 1. The highest BCUT2D eigenvalue weighted by molar-refractivity contribution is 5.86. The van der Waals surface area contributed by atoms with Gasteiger partial charge in [-0.1, -0.05) is 0 Å². The SMILES string of the molecule is Cn1ncc2c(N3CCN(c4ncccc4[N+](=O)[O-])CC3)ncnc21. The second-order valence-corrected chi connectivity index (χ2v) is 5.78. The van der Waals surface area contributed by atoms with Crippen molar-refractivity contribution in [1.29, 1.82) is 0 Å². The Kier molecular flexibility index (Phi) is 3.64. The van der Waals surface area contributed by atoms with Gasteiger partial charge < -0.3 is 9.80 Å². The van der Waals surface area contributed by atoms with E-state index < -0.39 is 4.92 Å². The van der Waals surface area contributed by atoms with E-state index in [2.05, 4.69) is 25.0 Å². The molecule has 4 heterocycles. The van der Waals surface area contributed by atoms with Crippen molar-refractivity contribution in [2.45, 2.75) is 0 Å². The number of aryl methyl sites for hydroxylation is 1. The number of hydrogen-bond donors (Lipinski definition) is 0. The summed E-state index contributed by atoms with van der Waals surface area (Å²) >= 11 is 0. The van der Waals surface area contributed by atoms with Crippen LogP contribution in [0.3, 0.4) is 0 Å². The van der Waals surface area contributed by atoms with Gasteiger partial charge in [-0.2, -0.15) is 5.10 Å². The highest BCUT2D eigenvalue weighted by atomic mass is 16.6. The average molecular weight is 340 g/mol. The molecule has 0 unspecified atom stereocenters. The third-order valence-corrected chi connectivity index (χ3v) is 4.35. The van der Waals surface area contributed by atoms with Gasteiger partial charge in [-0.25, -0.2) is 15.0 Å². The first-order valence-electron chi connectivity index (χ1n) is 7.87. The summed E-state index contributed by atoms with van der Waals surface area (Å²) in [4.78, 5) is 27.8. The van der Waals surface area contributed by atoms with Gasteiger partial charge in [-0.15, -0.1) is 0 Å². The Bertz CT molecular complexity index is 932. The fraction of sp³-hybridized carbons (Fsp3) is 0.333. The number of rotatable bonds is 3. The van der Waals surface area contributed by atoms with Gasteiger partial charge in [0.2, 0.25) is 5.82 Å². The Morgan fingerprint density at radius 1 is 1.08 bits per heavy atom. The molecule has 3 aromatic rings. The molecule has 1 saturated heterocycles. The van der Waals surface area contributed by atoms with Crippen molar-refractivity contribution in [1.82, 2.24) is 24.7 Å². The monoisotopic (exact) mass is 340 g/mol. The molecular formula is C15H16N8O2. The third-order valence-electron chi connectivity index (χ3n) is 4.35. The number of hydrogen-bond acceptors (Lipinski definition) is 8. The van der Waals surface area contributed by atoms with Gasteiger partial charge in [0.15, 0.2) is 5.65 Å². The molecule has 0 N–H and O–H groups in total. The summed E-state index contributed by atoms with van der Waals surface area (Å²) in [7, 11) is 1.84. The van der Waals surface area contributed by atoms with Crippen LogP contribution in [-0.4, -0.2) is 55.8 Å². The highest BCUT2D eigenvalue weighted by Crippen LogP contribution is 2.28. The predicted molar refractivity (Wildman–Crippen MR) is 91.6 cm³/mol. The molecule has 0 radical (unpaired) electrons. The second-order valence-electron chi connectivity index (χ2n) is 5.78. The van der Waals surface area contributed by atoms with Crippen LogP contribution in [0.4, 0.5) is 17.3 Å². The Balaban J connectivity index is 1.57. The summed E-state index contributed by atoms with van der Waals surface area (Å²) < 4.78 is 1.72. The molecule has 25 heavy (non-hydrogen) atoms. The zero-order chi connectivity index (χ0) is 17.4. The van der Waals surface area contributed by atoms with Crippen LogP contribution in [0.25, 0.3) is 11.0 Å². The average Bonchev–Trinajstić information content (AvgIpc) is 3.03. The van der Waals surface area contributed by atoms with Crippen LogP contribution in [0.5, 0.6) is 0 Å². The van der Waals surface area contributed by atoms with Gasteiger partial charge in [0.1, 0.15) is 12.1 Å². The molecule has 10 heteroatoms. The van der Waals surface area contributed by atoms with Crippen molar-refractivity contribution >= 4 is 28.4 Å². The first kappa shape index (κ1) is 15.2. The molecular weight excluding hydrogens is 324 g/mol. The van der Waals surface area contributed by atoms with Crippen LogP contribution in [-0.2, 0) is 7.05 Å². The van der Waals surface area contributed by atoms with Crippen LogP contribution in [0.2, 0.25) is 0 Å². The summed E-state index contributed by atoms with van der Waals surface area (Å²) in [6, 6.07) is 3.07. The first-order valence-corrected chi connectivity index (χ1v) is 7.87. The van der Waals surface area contributed by atoms with Crippen LogP contribution in [0, 0.1) is 10.1 Å². The number of aromatic nitrogens is 5. The van der Waals surface area contributed by atoms with Crippen molar-refractivity contribution < 1.29 is 4.92 Å². The normalized spacial score (nSPS) is 14.9. The molecule has 0 bridgehead atoms. The molecule has 0 spiro atoms. The second kappa shape index (κ2) is 5.96. The van der Waals surface area contributed by atoms with Crippen LogP contribution < -0.4 is 9.80 Å². The number of piperazine rings is 1. The maximum absolute atomic E-state index is 11.2. The first-order chi connectivity index (χ1) is 12.1. The molecule has 128 valence electrons. The molecule has 3 aromatic heterocycles. The predicted octanol–water partition coefficient (Wildman–Crippen LogP) is 0.993. The standard InChI is InChI=1S/C15H16N8O2/c1-20-13-11(9-19-20)14(18-10-17-13)21-5-7-22(8-6-21)15-12(23(24)25)3-2-4-16-15/h2-4,9-10H,5-8H2,1H3. The zero-order valence-electron chi connectivity index (χ0n) is 13.6. The van der Waals surface area contributed by atoms with E-state index in [0.29, 0.717) is 32.0 Å². The fourth-order valence-electron chi connectivity index (χ4n) is 3.11. The zero-order valence-corrected chi connectivity index (χ0v) is 13.6. The molecule has 0 aromatic carbocycles. The van der Waals surface area contributed by atoms with E-state index in [9.17, 15) is 10.1 Å². The van der Waals surface area contributed by atoms with Crippen molar-refractivity contribution in [2.75, 3.05) is 36.0 Å². The van der Waals surface area contributed by atoms with Gasteiger partial charge in [0.25, 0.3) is 0 Å². The number of nitrogens with zero attached hydrogens (tertiary/aromatic N) is 8. The molecule has 1 fully saturated rings. The topological polar surface area (TPSA) is 106 Å². The largest absolute Gasteiger partial charge is 0.352 e. The Hall–Kier alpha value is -3.30. The summed E-state index contributed by atoms with van der Waals surface area (Å²) in [5, 5.41) is 16.3. The number of nitro groups is 1. The van der Waals surface area contributed by atoms with Gasteiger partial charge in [-0.05, 0) is 6.07 Å². The van der Waals surface area contributed by atoms with E-state index in [0.717, 1.165) is 16.9 Å². The highest BCUT2D eigenvalue weighted by Gasteiger charge is 2.26. The quantitative estimate of drug-likeness (QED) is 0.513.